The van der Waals surface area contributed by atoms with Gasteiger partial charge in [0.15, 0.2) is 16.7 Å². The Hall–Kier alpha value is -2.33. The number of esters is 2. The monoisotopic (exact) mass is 333 g/mol. The second-order valence-corrected chi connectivity index (χ2v) is 5.52. The minimum atomic E-state index is -4.98. The van der Waals surface area contributed by atoms with Gasteiger partial charge in [0.05, 0.1) is 0 Å². The van der Waals surface area contributed by atoms with Crippen LogP contribution >= 0.6 is 0 Å². The van der Waals surface area contributed by atoms with Crippen molar-refractivity contribution in [2.75, 3.05) is 0 Å². The summed E-state index contributed by atoms with van der Waals surface area (Å²) in [4.78, 5) is 32.6. The molecule has 119 valence electrons. The van der Waals surface area contributed by atoms with Crippen LogP contribution in [0.2, 0.25) is 0 Å². The molecule has 0 heterocycles. The maximum atomic E-state index is 13.9. The van der Waals surface area contributed by atoms with Crippen molar-refractivity contribution in [3.63, 3.8) is 0 Å². The molecule has 0 aliphatic rings. The van der Waals surface area contributed by atoms with Gasteiger partial charge in [-0.25, -0.2) is 4.39 Å². The Bertz CT molecular complexity index is 725. The maximum Gasteiger partial charge on any atom is 0.308 e. The zero-order valence-corrected chi connectivity index (χ0v) is 12.1. The molecular formula is C12H10FO8S. The molecule has 0 aliphatic heterocycles. The smallest absolute Gasteiger partial charge is 0.308 e. The molecule has 1 N–H and O–H groups in total. The Morgan fingerprint density at radius 2 is 1.64 bits per heavy atom. The van der Waals surface area contributed by atoms with E-state index in [1.807, 2.05) is 0 Å². The lowest BCUT2D eigenvalue weighted by atomic mass is 10.1. The van der Waals surface area contributed by atoms with E-state index in [0.717, 1.165) is 20.1 Å². The number of hydrogen-bond donors (Lipinski definition) is 1. The summed E-state index contributed by atoms with van der Waals surface area (Å²) in [5, 5.41) is -2.34. The molecule has 1 aromatic carbocycles. The molecule has 0 fully saturated rings. The van der Waals surface area contributed by atoms with Gasteiger partial charge >= 0.3 is 11.9 Å². The summed E-state index contributed by atoms with van der Waals surface area (Å²) in [6.45, 7) is 2.00. The third-order valence-corrected chi connectivity index (χ3v) is 3.20. The molecule has 1 aromatic rings. The number of ether oxygens (including phenoxy) is 2. The molecule has 22 heavy (non-hydrogen) atoms. The molecule has 1 radical (unpaired) electrons. The summed E-state index contributed by atoms with van der Waals surface area (Å²) >= 11 is 0. The molecule has 1 rings (SSSR count). The molecule has 0 saturated carbocycles. The van der Waals surface area contributed by atoms with Crippen LogP contribution in [0.25, 0.3) is 0 Å². The molecule has 0 amide bonds. The largest absolute Gasteiger partial charge is 0.423 e. The fraction of sp³-hybridized carbons (Fsp3) is 0.250. The van der Waals surface area contributed by atoms with Gasteiger partial charge in [0.25, 0.3) is 10.1 Å². The summed E-state index contributed by atoms with van der Waals surface area (Å²) in [5.41, 5.74) is -0.815. The standard InChI is InChI=1S/C12H10FO8S/c1-6(15)20-10-3-8(12(5-14)22(17,18)19)9(13)4-11(10)21-7(2)16/h3-4,12H,1-2H3,(H,17,18,19). The van der Waals surface area contributed by atoms with Gasteiger partial charge in [-0.3, -0.25) is 18.9 Å². The zero-order valence-electron chi connectivity index (χ0n) is 11.3. The van der Waals surface area contributed by atoms with Gasteiger partial charge in [0, 0.05) is 25.5 Å². The second kappa shape index (κ2) is 6.62. The fourth-order valence-corrected chi connectivity index (χ4v) is 2.13. The molecule has 0 spiro atoms. The predicted octanol–water partition coefficient (Wildman–Crippen LogP) is 0.715. The second-order valence-electron chi connectivity index (χ2n) is 4.02. The van der Waals surface area contributed by atoms with Crippen molar-refractivity contribution in [1.82, 2.24) is 0 Å². The first-order chi connectivity index (χ1) is 10.1. The number of carbonyl (C=O) groups is 2. The molecule has 1 unspecified atom stereocenters. The van der Waals surface area contributed by atoms with Crippen molar-refractivity contribution in [2.24, 2.45) is 0 Å². The highest BCUT2D eigenvalue weighted by molar-refractivity contribution is 7.86. The van der Waals surface area contributed by atoms with Crippen LogP contribution in [-0.4, -0.2) is 31.2 Å². The summed E-state index contributed by atoms with van der Waals surface area (Å²) in [6.07, 6.45) is 0.964. The van der Waals surface area contributed by atoms with Gasteiger partial charge in [-0.1, -0.05) is 0 Å². The molecule has 1 atom stereocenters. The lowest BCUT2D eigenvalue weighted by Crippen LogP contribution is -2.16. The molecular weight excluding hydrogens is 323 g/mol. The van der Waals surface area contributed by atoms with E-state index < -0.39 is 50.2 Å². The number of halogens is 1. The van der Waals surface area contributed by atoms with Crippen LogP contribution in [-0.2, 0) is 24.5 Å². The van der Waals surface area contributed by atoms with E-state index in [1.54, 1.807) is 0 Å². The van der Waals surface area contributed by atoms with Crippen molar-refractivity contribution in [2.45, 2.75) is 19.1 Å². The highest BCUT2D eigenvalue weighted by Gasteiger charge is 2.30. The molecule has 0 bridgehead atoms. The summed E-state index contributed by atoms with van der Waals surface area (Å²) in [5.74, 6) is -4.00. The van der Waals surface area contributed by atoms with E-state index in [0.29, 0.717) is 12.1 Å². The average molecular weight is 333 g/mol. The lowest BCUT2D eigenvalue weighted by Gasteiger charge is -2.13. The van der Waals surface area contributed by atoms with Crippen molar-refractivity contribution in [3.05, 3.63) is 23.5 Å². The van der Waals surface area contributed by atoms with E-state index in [9.17, 15) is 27.2 Å². The van der Waals surface area contributed by atoms with Crippen LogP contribution in [0.1, 0.15) is 24.7 Å². The number of rotatable bonds is 5. The Morgan fingerprint density at radius 1 is 1.18 bits per heavy atom. The van der Waals surface area contributed by atoms with E-state index in [2.05, 4.69) is 9.47 Å². The van der Waals surface area contributed by atoms with Gasteiger partial charge in [-0.2, -0.15) is 8.42 Å². The van der Waals surface area contributed by atoms with E-state index in [4.69, 9.17) is 4.55 Å². The van der Waals surface area contributed by atoms with Crippen LogP contribution in [0.15, 0.2) is 12.1 Å². The normalized spacial score (nSPS) is 12.4. The fourth-order valence-electron chi connectivity index (χ4n) is 1.51. The highest BCUT2D eigenvalue weighted by atomic mass is 32.2. The van der Waals surface area contributed by atoms with Gasteiger partial charge in [0.2, 0.25) is 6.29 Å². The van der Waals surface area contributed by atoms with Gasteiger partial charge in [-0.05, 0) is 6.07 Å². The van der Waals surface area contributed by atoms with Crippen LogP contribution in [0.4, 0.5) is 4.39 Å². The molecule has 8 nitrogen and oxygen atoms in total. The van der Waals surface area contributed by atoms with Gasteiger partial charge in [-0.15, -0.1) is 0 Å². The number of hydrogen-bond acceptors (Lipinski definition) is 7. The first-order valence-corrected chi connectivity index (χ1v) is 7.10. The Labute approximate surface area is 124 Å². The topological polar surface area (TPSA) is 124 Å². The first kappa shape index (κ1) is 17.7. The predicted molar refractivity (Wildman–Crippen MR) is 69.0 cm³/mol. The summed E-state index contributed by atoms with van der Waals surface area (Å²) in [6, 6.07) is 1.20. The summed E-state index contributed by atoms with van der Waals surface area (Å²) < 4.78 is 54.2. The minimum absolute atomic E-state index is 0.496. The zero-order chi connectivity index (χ0) is 17.1. The Morgan fingerprint density at radius 3 is 2.00 bits per heavy atom. The quantitative estimate of drug-likeness (QED) is 0.475. The van der Waals surface area contributed by atoms with Crippen molar-refractivity contribution >= 4 is 28.3 Å². The van der Waals surface area contributed by atoms with Crippen molar-refractivity contribution in [1.29, 1.82) is 0 Å². The lowest BCUT2D eigenvalue weighted by molar-refractivity contribution is -0.134. The van der Waals surface area contributed by atoms with Crippen molar-refractivity contribution < 1.29 is 41.2 Å². The maximum absolute atomic E-state index is 13.9. The Kier molecular flexibility index (Phi) is 5.33. The molecule has 10 heteroatoms. The van der Waals surface area contributed by atoms with Crippen LogP contribution in [0, 0.1) is 5.82 Å². The summed E-state index contributed by atoms with van der Waals surface area (Å²) in [7, 11) is -4.98. The van der Waals surface area contributed by atoms with Gasteiger partial charge in [0.1, 0.15) is 5.82 Å². The minimum Gasteiger partial charge on any atom is -0.423 e. The Balaban J connectivity index is 3.52. The molecule has 0 saturated heterocycles. The SMILES string of the molecule is CC(=O)Oc1cc(F)c(C([C]=O)S(=O)(=O)O)cc1OC(C)=O. The number of carbonyl (C=O) groups excluding carboxylic acids is 3. The van der Waals surface area contributed by atoms with Crippen LogP contribution in [0.5, 0.6) is 11.5 Å². The number of benzene rings is 1. The molecule has 0 aromatic heterocycles. The van der Waals surface area contributed by atoms with E-state index in [-0.39, 0.29) is 0 Å². The third kappa shape index (κ3) is 4.33. The first-order valence-electron chi connectivity index (χ1n) is 5.60. The third-order valence-electron chi connectivity index (χ3n) is 2.26. The van der Waals surface area contributed by atoms with E-state index >= 15 is 0 Å². The van der Waals surface area contributed by atoms with Crippen LogP contribution < -0.4 is 9.47 Å². The van der Waals surface area contributed by atoms with Crippen molar-refractivity contribution in [3.8, 4) is 11.5 Å². The van der Waals surface area contributed by atoms with E-state index in [1.165, 1.54) is 0 Å². The molecule has 0 aliphatic carbocycles. The van der Waals surface area contributed by atoms with Crippen LogP contribution in [0.3, 0.4) is 0 Å². The average Bonchev–Trinajstić information content (AvgIpc) is 2.32. The highest BCUT2D eigenvalue weighted by Crippen LogP contribution is 2.34. The van der Waals surface area contributed by atoms with Gasteiger partial charge < -0.3 is 9.47 Å².